The predicted octanol–water partition coefficient (Wildman–Crippen LogP) is 1.26. The van der Waals surface area contributed by atoms with Crippen LogP contribution in [0.25, 0.3) is 0 Å². The molecule has 0 fully saturated rings. The average molecular weight is 217 g/mol. The SMILES string of the molecule is CN(C(=O)C(C)(C)N)c1ccc(C#N)cc1. The molecule has 84 valence electrons. The van der Waals surface area contributed by atoms with E-state index in [1.165, 1.54) is 4.90 Å². The molecule has 4 heteroatoms. The highest BCUT2D eigenvalue weighted by Crippen LogP contribution is 2.16. The van der Waals surface area contributed by atoms with Crippen molar-refractivity contribution in [2.24, 2.45) is 5.73 Å². The molecule has 0 aliphatic carbocycles. The Kier molecular flexibility index (Phi) is 3.31. The minimum Gasteiger partial charge on any atom is -0.318 e. The molecule has 1 aromatic rings. The molecule has 0 spiro atoms. The number of nitrogens with two attached hydrogens (primary N) is 1. The molecule has 1 rings (SSSR count). The number of hydrogen-bond donors (Lipinski definition) is 1. The number of nitriles is 1. The molecule has 4 nitrogen and oxygen atoms in total. The quantitative estimate of drug-likeness (QED) is 0.810. The fourth-order valence-corrected chi connectivity index (χ4v) is 1.31. The first kappa shape index (κ1) is 12.2. The second-order valence-corrected chi connectivity index (χ2v) is 4.24. The van der Waals surface area contributed by atoms with Gasteiger partial charge in [0.25, 0.3) is 0 Å². The molecule has 0 atom stereocenters. The van der Waals surface area contributed by atoms with Gasteiger partial charge in [-0.3, -0.25) is 4.79 Å². The number of likely N-dealkylation sites (N-methyl/N-ethyl adjacent to an activating group) is 1. The maximum atomic E-state index is 11.9. The van der Waals surface area contributed by atoms with E-state index in [9.17, 15) is 4.79 Å². The molecule has 0 saturated carbocycles. The summed E-state index contributed by atoms with van der Waals surface area (Å²) >= 11 is 0. The fourth-order valence-electron chi connectivity index (χ4n) is 1.31. The van der Waals surface area contributed by atoms with E-state index in [1.807, 2.05) is 6.07 Å². The van der Waals surface area contributed by atoms with E-state index in [0.717, 1.165) is 5.69 Å². The first-order chi connectivity index (χ1) is 7.36. The zero-order valence-corrected chi connectivity index (χ0v) is 9.69. The normalized spacial score (nSPS) is 10.7. The van der Waals surface area contributed by atoms with Crippen LogP contribution in [0.5, 0.6) is 0 Å². The van der Waals surface area contributed by atoms with Gasteiger partial charge in [0.2, 0.25) is 5.91 Å². The van der Waals surface area contributed by atoms with Gasteiger partial charge in [-0.15, -0.1) is 0 Å². The molecule has 0 heterocycles. The Hall–Kier alpha value is -1.86. The van der Waals surface area contributed by atoms with E-state index in [-0.39, 0.29) is 5.91 Å². The van der Waals surface area contributed by atoms with E-state index in [2.05, 4.69) is 0 Å². The number of carbonyl (C=O) groups excluding carboxylic acids is 1. The van der Waals surface area contributed by atoms with Crippen LogP contribution in [0.1, 0.15) is 19.4 Å². The van der Waals surface area contributed by atoms with Crippen molar-refractivity contribution >= 4 is 11.6 Å². The third kappa shape index (κ3) is 2.59. The van der Waals surface area contributed by atoms with Crippen molar-refractivity contribution in [2.45, 2.75) is 19.4 Å². The smallest absolute Gasteiger partial charge is 0.246 e. The molecule has 0 radical (unpaired) electrons. The Morgan fingerprint density at radius 2 is 1.88 bits per heavy atom. The Balaban J connectivity index is 2.94. The van der Waals surface area contributed by atoms with Crippen LogP contribution in [0, 0.1) is 11.3 Å². The van der Waals surface area contributed by atoms with Gasteiger partial charge >= 0.3 is 0 Å². The van der Waals surface area contributed by atoms with Gasteiger partial charge in [-0.1, -0.05) is 0 Å². The summed E-state index contributed by atoms with van der Waals surface area (Å²) in [6.45, 7) is 3.32. The molecule has 16 heavy (non-hydrogen) atoms. The molecular weight excluding hydrogens is 202 g/mol. The maximum absolute atomic E-state index is 11.9. The summed E-state index contributed by atoms with van der Waals surface area (Å²) in [5.74, 6) is -0.169. The number of nitrogens with zero attached hydrogens (tertiary/aromatic N) is 2. The van der Waals surface area contributed by atoms with Gasteiger partial charge in [-0.25, -0.2) is 0 Å². The largest absolute Gasteiger partial charge is 0.318 e. The third-order valence-corrected chi connectivity index (χ3v) is 2.24. The summed E-state index contributed by atoms with van der Waals surface area (Å²) in [6, 6.07) is 8.81. The molecule has 1 aromatic carbocycles. The van der Waals surface area contributed by atoms with Gasteiger partial charge in [0, 0.05) is 12.7 Å². The van der Waals surface area contributed by atoms with Gasteiger partial charge in [0.15, 0.2) is 0 Å². The highest BCUT2D eigenvalue weighted by molar-refractivity contribution is 5.99. The van der Waals surface area contributed by atoms with Crippen molar-refractivity contribution in [3.8, 4) is 6.07 Å². The molecule has 0 aliphatic rings. The Bertz CT molecular complexity index is 423. The van der Waals surface area contributed by atoms with Gasteiger partial charge in [0.05, 0.1) is 17.2 Å². The molecule has 0 saturated heterocycles. The number of benzene rings is 1. The number of amides is 1. The van der Waals surface area contributed by atoms with Gasteiger partial charge in [-0.2, -0.15) is 5.26 Å². The summed E-state index contributed by atoms with van der Waals surface area (Å²) in [7, 11) is 1.67. The number of hydrogen-bond acceptors (Lipinski definition) is 3. The van der Waals surface area contributed by atoms with Crippen molar-refractivity contribution < 1.29 is 4.79 Å². The Morgan fingerprint density at radius 1 is 1.38 bits per heavy atom. The topological polar surface area (TPSA) is 70.1 Å². The first-order valence-electron chi connectivity index (χ1n) is 4.93. The molecule has 2 N–H and O–H groups in total. The zero-order valence-electron chi connectivity index (χ0n) is 9.69. The number of anilines is 1. The minimum atomic E-state index is -0.900. The van der Waals surface area contributed by atoms with Crippen LogP contribution < -0.4 is 10.6 Å². The van der Waals surface area contributed by atoms with Crippen molar-refractivity contribution in [3.63, 3.8) is 0 Å². The number of rotatable bonds is 2. The summed E-state index contributed by atoms with van der Waals surface area (Å²) in [4.78, 5) is 13.3. The molecular formula is C12H15N3O. The summed E-state index contributed by atoms with van der Waals surface area (Å²) < 4.78 is 0. The standard InChI is InChI=1S/C12H15N3O/c1-12(2,14)11(16)15(3)10-6-4-9(8-13)5-7-10/h4-7H,14H2,1-3H3. The Morgan fingerprint density at radius 3 is 2.25 bits per heavy atom. The van der Waals surface area contributed by atoms with Crippen molar-refractivity contribution in [1.82, 2.24) is 0 Å². The van der Waals surface area contributed by atoms with Crippen LogP contribution in [0.2, 0.25) is 0 Å². The van der Waals surface area contributed by atoms with Crippen LogP contribution in [0.4, 0.5) is 5.69 Å². The minimum absolute atomic E-state index is 0.169. The predicted molar refractivity (Wildman–Crippen MR) is 62.8 cm³/mol. The summed E-state index contributed by atoms with van der Waals surface area (Å²) in [6.07, 6.45) is 0. The van der Waals surface area contributed by atoms with Gasteiger partial charge in [0.1, 0.15) is 0 Å². The third-order valence-electron chi connectivity index (χ3n) is 2.24. The monoisotopic (exact) mass is 217 g/mol. The van der Waals surface area contributed by atoms with Crippen LogP contribution in [-0.4, -0.2) is 18.5 Å². The van der Waals surface area contributed by atoms with Crippen molar-refractivity contribution in [2.75, 3.05) is 11.9 Å². The number of carbonyl (C=O) groups is 1. The zero-order chi connectivity index (χ0) is 12.3. The fraction of sp³-hybridized carbons (Fsp3) is 0.333. The lowest BCUT2D eigenvalue weighted by molar-refractivity contribution is -0.122. The first-order valence-corrected chi connectivity index (χ1v) is 4.93. The van der Waals surface area contributed by atoms with Crippen molar-refractivity contribution in [1.29, 1.82) is 5.26 Å². The van der Waals surface area contributed by atoms with Crippen LogP contribution >= 0.6 is 0 Å². The van der Waals surface area contributed by atoms with E-state index in [0.29, 0.717) is 5.56 Å². The van der Waals surface area contributed by atoms with E-state index >= 15 is 0 Å². The molecule has 1 amide bonds. The van der Waals surface area contributed by atoms with Crippen LogP contribution in [0.15, 0.2) is 24.3 Å². The van der Waals surface area contributed by atoms with E-state index < -0.39 is 5.54 Å². The van der Waals surface area contributed by atoms with Crippen LogP contribution in [0.3, 0.4) is 0 Å². The molecule has 0 unspecified atom stereocenters. The molecule has 0 bridgehead atoms. The average Bonchev–Trinajstić information content (AvgIpc) is 2.26. The van der Waals surface area contributed by atoms with E-state index in [1.54, 1.807) is 45.2 Å². The summed E-state index contributed by atoms with van der Waals surface area (Å²) in [5.41, 5.74) is 6.12. The second kappa shape index (κ2) is 4.33. The van der Waals surface area contributed by atoms with Gasteiger partial charge < -0.3 is 10.6 Å². The van der Waals surface area contributed by atoms with E-state index in [4.69, 9.17) is 11.0 Å². The van der Waals surface area contributed by atoms with Crippen molar-refractivity contribution in [3.05, 3.63) is 29.8 Å². The molecule has 0 aliphatic heterocycles. The van der Waals surface area contributed by atoms with Crippen LogP contribution in [-0.2, 0) is 4.79 Å². The maximum Gasteiger partial charge on any atom is 0.246 e. The Labute approximate surface area is 95.3 Å². The highest BCUT2D eigenvalue weighted by atomic mass is 16.2. The second-order valence-electron chi connectivity index (χ2n) is 4.24. The lowest BCUT2D eigenvalue weighted by Crippen LogP contribution is -2.49. The summed E-state index contributed by atoms with van der Waals surface area (Å²) in [5, 5.41) is 8.65. The highest BCUT2D eigenvalue weighted by Gasteiger charge is 2.26. The molecule has 0 aromatic heterocycles. The lowest BCUT2D eigenvalue weighted by atomic mass is 10.1. The van der Waals surface area contributed by atoms with Gasteiger partial charge in [-0.05, 0) is 38.1 Å². The lowest BCUT2D eigenvalue weighted by Gasteiger charge is -2.25.